The van der Waals surface area contributed by atoms with Crippen molar-refractivity contribution in [3.63, 3.8) is 0 Å². The lowest BCUT2D eigenvalue weighted by molar-refractivity contribution is -0.125. The Kier molecular flexibility index (Phi) is 5.71. The summed E-state index contributed by atoms with van der Waals surface area (Å²) in [7, 11) is 0. The van der Waals surface area contributed by atoms with Crippen LogP contribution in [0.15, 0.2) is 0 Å². The van der Waals surface area contributed by atoms with Crippen LogP contribution < -0.4 is 11.1 Å². The second-order valence-electron chi connectivity index (χ2n) is 3.91. The fraction of sp³-hybridized carbons (Fsp3) is 0.900. The van der Waals surface area contributed by atoms with Crippen molar-refractivity contribution in [2.24, 2.45) is 17.6 Å². The van der Waals surface area contributed by atoms with Gasteiger partial charge in [0, 0.05) is 18.5 Å². The minimum absolute atomic E-state index is 0.0651. The molecule has 0 rings (SSSR count). The molecule has 3 heteroatoms. The number of rotatable bonds is 5. The molecule has 13 heavy (non-hydrogen) atoms. The van der Waals surface area contributed by atoms with Gasteiger partial charge in [-0.3, -0.25) is 4.79 Å². The summed E-state index contributed by atoms with van der Waals surface area (Å²) < 4.78 is 0. The van der Waals surface area contributed by atoms with E-state index >= 15 is 0 Å². The fourth-order valence-corrected chi connectivity index (χ4v) is 0.819. The van der Waals surface area contributed by atoms with Gasteiger partial charge in [0.25, 0.3) is 0 Å². The zero-order valence-electron chi connectivity index (χ0n) is 9.13. The lowest BCUT2D eigenvalue weighted by Gasteiger charge is -2.17. The molecule has 0 aliphatic carbocycles. The summed E-state index contributed by atoms with van der Waals surface area (Å²) in [5.74, 6) is 0.517. The van der Waals surface area contributed by atoms with Gasteiger partial charge in [0.15, 0.2) is 0 Å². The molecule has 3 nitrogen and oxygen atoms in total. The summed E-state index contributed by atoms with van der Waals surface area (Å²) in [6.07, 6.45) is 1.09. The molecule has 0 aliphatic heterocycles. The van der Waals surface area contributed by atoms with Crippen molar-refractivity contribution < 1.29 is 4.79 Å². The molecule has 0 spiro atoms. The molecular weight excluding hydrogens is 164 g/mol. The highest BCUT2D eigenvalue weighted by atomic mass is 16.1. The zero-order valence-corrected chi connectivity index (χ0v) is 9.13. The molecule has 0 heterocycles. The summed E-state index contributed by atoms with van der Waals surface area (Å²) in [4.78, 5) is 11.4. The van der Waals surface area contributed by atoms with E-state index in [1.165, 1.54) is 0 Å². The summed E-state index contributed by atoms with van der Waals surface area (Å²) in [6.45, 7) is 8.71. The number of hydrogen-bond donors (Lipinski definition) is 2. The van der Waals surface area contributed by atoms with Gasteiger partial charge >= 0.3 is 0 Å². The molecule has 0 saturated carbocycles. The average molecular weight is 186 g/mol. The molecule has 0 aromatic heterocycles. The van der Waals surface area contributed by atoms with E-state index in [0.29, 0.717) is 5.92 Å². The third-order valence-corrected chi connectivity index (χ3v) is 2.52. The third-order valence-electron chi connectivity index (χ3n) is 2.52. The molecule has 0 aromatic carbocycles. The quantitative estimate of drug-likeness (QED) is 0.676. The summed E-state index contributed by atoms with van der Waals surface area (Å²) >= 11 is 0. The Balaban J connectivity index is 3.74. The highest BCUT2D eigenvalue weighted by Gasteiger charge is 2.16. The van der Waals surface area contributed by atoms with Gasteiger partial charge in [-0.2, -0.15) is 0 Å². The van der Waals surface area contributed by atoms with E-state index in [0.717, 1.165) is 13.0 Å². The molecule has 1 amide bonds. The third kappa shape index (κ3) is 4.88. The largest absolute Gasteiger partial charge is 0.356 e. The molecule has 0 saturated heterocycles. The van der Waals surface area contributed by atoms with E-state index in [1.807, 2.05) is 13.8 Å². The van der Waals surface area contributed by atoms with E-state index < -0.39 is 0 Å². The second kappa shape index (κ2) is 5.97. The number of hydrogen-bond acceptors (Lipinski definition) is 2. The van der Waals surface area contributed by atoms with Gasteiger partial charge in [-0.05, 0) is 12.8 Å². The van der Waals surface area contributed by atoms with Crippen LogP contribution >= 0.6 is 0 Å². The van der Waals surface area contributed by atoms with Crippen molar-refractivity contribution in [1.82, 2.24) is 5.32 Å². The molecule has 0 aromatic rings. The Bertz CT molecular complexity index is 157. The van der Waals surface area contributed by atoms with E-state index in [2.05, 4.69) is 19.2 Å². The topological polar surface area (TPSA) is 55.1 Å². The maximum atomic E-state index is 11.4. The number of carbonyl (C=O) groups is 1. The first-order valence-electron chi connectivity index (χ1n) is 5.02. The lowest BCUT2D eigenvalue weighted by atomic mass is 10.0. The van der Waals surface area contributed by atoms with E-state index in [4.69, 9.17) is 5.73 Å². The second-order valence-corrected chi connectivity index (χ2v) is 3.91. The molecule has 3 unspecified atom stereocenters. The van der Waals surface area contributed by atoms with Crippen LogP contribution in [0.25, 0.3) is 0 Å². The van der Waals surface area contributed by atoms with Crippen molar-refractivity contribution in [3.8, 4) is 0 Å². The predicted octanol–water partition coefficient (Wildman–Crippen LogP) is 1.13. The predicted molar refractivity (Wildman–Crippen MR) is 55.3 cm³/mol. The van der Waals surface area contributed by atoms with E-state index in [1.54, 1.807) is 0 Å². The van der Waals surface area contributed by atoms with Gasteiger partial charge in [0.2, 0.25) is 5.91 Å². The van der Waals surface area contributed by atoms with Gasteiger partial charge in [0.05, 0.1) is 0 Å². The number of nitrogens with one attached hydrogen (secondary N) is 1. The first-order valence-corrected chi connectivity index (χ1v) is 5.02. The van der Waals surface area contributed by atoms with Crippen LogP contribution in [0.3, 0.4) is 0 Å². The van der Waals surface area contributed by atoms with Gasteiger partial charge in [0.1, 0.15) is 0 Å². The smallest absolute Gasteiger partial charge is 0.224 e. The fourth-order valence-electron chi connectivity index (χ4n) is 0.819. The first-order chi connectivity index (χ1) is 5.99. The minimum Gasteiger partial charge on any atom is -0.356 e. The Labute approximate surface area is 81.1 Å². The van der Waals surface area contributed by atoms with Gasteiger partial charge < -0.3 is 11.1 Å². The van der Waals surface area contributed by atoms with Crippen molar-refractivity contribution in [1.29, 1.82) is 0 Å². The van der Waals surface area contributed by atoms with Crippen molar-refractivity contribution in [2.45, 2.75) is 40.2 Å². The number of amides is 1. The van der Waals surface area contributed by atoms with E-state index in [-0.39, 0.29) is 17.9 Å². The normalized spacial score (nSPS) is 17.6. The van der Waals surface area contributed by atoms with Crippen LogP contribution in [-0.4, -0.2) is 18.5 Å². The highest BCUT2D eigenvalue weighted by Crippen LogP contribution is 2.01. The number of carbonyl (C=O) groups excluding carboxylic acids is 1. The maximum Gasteiger partial charge on any atom is 0.224 e. The Morgan fingerprint density at radius 1 is 1.38 bits per heavy atom. The summed E-state index contributed by atoms with van der Waals surface area (Å²) in [6, 6.07) is -0.0723. The monoisotopic (exact) mass is 186 g/mol. The standard InChI is InChI=1S/C10H22N2O/c1-5-7(2)6-12-10(13)8(3)9(4)11/h7-9H,5-6,11H2,1-4H3,(H,12,13). The van der Waals surface area contributed by atoms with Crippen LogP contribution in [-0.2, 0) is 4.79 Å². The SMILES string of the molecule is CCC(C)CNC(=O)C(C)C(C)N. The lowest BCUT2D eigenvalue weighted by Crippen LogP contribution is -2.40. The minimum atomic E-state index is -0.0935. The molecule has 0 radical (unpaired) electrons. The van der Waals surface area contributed by atoms with Gasteiger partial charge in [-0.25, -0.2) is 0 Å². The highest BCUT2D eigenvalue weighted by molar-refractivity contribution is 5.78. The van der Waals surface area contributed by atoms with Crippen LogP contribution in [0.5, 0.6) is 0 Å². The Morgan fingerprint density at radius 2 is 1.92 bits per heavy atom. The van der Waals surface area contributed by atoms with Crippen molar-refractivity contribution >= 4 is 5.91 Å². The zero-order chi connectivity index (χ0) is 10.4. The molecule has 0 fully saturated rings. The number of nitrogens with two attached hydrogens (primary N) is 1. The molecule has 3 atom stereocenters. The van der Waals surface area contributed by atoms with Crippen molar-refractivity contribution in [3.05, 3.63) is 0 Å². The Hall–Kier alpha value is -0.570. The van der Waals surface area contributed by atoms with Crippen LogP contribution in [0.4, 0.5) is 0 Å². The van der Waals surface area contributed by atoms with Crippen LogP contribution in [0.1, 0.15) is 34.1 Å². The van der Waals surface area contributed by atoms with E-state index in [9.17, 15) is 4.79 Å². The van der Waals surface area contributed by atoms with Crippen molar-refractivity contribution in [2.75, 3.05) is 6.54 Å². The first kappa shape index (κ1) is 12.4. The summed E-state index contributed by atoms with van der Waals surface area (Å²) in [5.41, 5.74) is 5.61. The molecule has 3 N–H and O–H groups in total. The summed E-state index contributed by atoms with van der Waals surface area (Å²) in [5, 5.41) is 2.90. The molecule has 78 valence electrons. The van der Waals surface area contributed by atoms with Crippen LogP contribution in [0, 0.1) is 11.8 Å². The van der Waals surface area contributed by atoms with Gasteiger partial charge in [-0.1, -0.05) is 27.2 Å². The Morgan fingerprint density at radius 3 is 2.31 bits per heavy atom. The van der Waals surface area contributed by atoms with Crippen LogP contribution in [0.2, 0.25) is 0 Å². The van der Waals surface area contributed by atoms with Gasteiger partial charge in [-0.15, -0.1) is 0 Å². The molecular formula is C10H22N2O. The average Bonchev–Trinajstić information content (AvgIpc) is 2.11. The molecule has 0 aliphatic rings. The maximum absolute atomic E-state index is 11.4. The molecule has 0 bridgehead atoms.